The molecule has 0 amide bonds. The van der Waals surface area contributed by atoms with Gasteiger partial charge in [-0.05, 0) is 131 Å². The van der Waals surface area contributed by atoms with Gasteiger partial charge in [0.25, 0.3) is 0 Å². The number of rotatable bonds is 11. The van der Waals surface area contributed by atoms with Gasteiger partial charge < -0.3 is 0 Å². The Morgan fingerprint density at radius 2 is 0.306 bits per heavy atom. The van der Waals surface area contributed by atoms with Gasteiger partial charge in [-0.1, -0.05) is 243 Å². The normalized spacial score (nSPS) is 11.1. The predicted molar refractivity (Wildman–Crippen MR) is 300 cm³/mol. The molecule has 0 aliphatic carbocycles. The van der Waals surface area contributed by atoms with Crippen molar-refractivity contribution >= 4 is 0 Å². The first-order chi connectivity index (χ1) is 35.6. The van der Waals surface area contributed by atoms with E-state index in [0.717, 1.165) is 77.9 Å². The molecule has 0 N–H and O–H groups in total. The van der Waals surface area contributed by atoms with Crippen molar-refractivity contribution in [2.24, 2.45) is 0 Å². The van der Waals surface area contributed by atoms with Gasteiger partial charge in [0, 0.05) is 16.7 Å². The molecule has 0 saturated carbocycles. The Bertz CT molecular complexity index is 3560. The van der Waals surface area contributed by atoms with Crippen LogP contribution in [-0.4, -0.2) is 15.0 Å². The van der Waals surface area contributed by atoms with Crippen molar-refractivity contribution < 1.29 is 0 Å². The fraction of sp³-hybridized carbons (Fsp3) is 0. The summed E-state index contributed by atoms with van der Waals surface area (Å²) in [6.07, 6.45) is 0. The van der Waals surface area contributed by atoms with Crippen LogP contribution in [0.5, 0.6) is 0 Å². The molecular weight excluding hydrogens is 871 g/mol. The highest BCUT2D eigenvalue weighted by Crippen LogP contribution is 2.38. The Balaban J connectivity index is 0.932. The number of hydrogen-bond donors (Lipinski definition) is 0. The van der Waals surface area contributed by atoms with Crippen molar-refractivity contribution in [3.05, 3.63) is 285 Å². The van der Waals surface area contributed by atoms with E-state index in [2.05, 4.69) is 273 Å². The summed E-state index contributed by atoms with van der Waals surface area (Å²) in [7, 11) is 0. The molecule has 1 aromatic heterocycles. The van der Waals surface area contributed by atoms with E-state index in [0.29, 0.717) is 17.5 Å². The lowest BCUT2D eigenvalue weighted by Crippen LogP contribution is -2.00. The smallest absolute Gasteiger partial charge is 0.164 e. The third kappa shape index (κ3) is 9.43. The molecule has 72 heavy (non-hydrogen) atoms. The molecule has 0 radical (unpaired) electrons. The molecule has 12 rings (SSSR count). The summed E-state index contributed by atoms with van der Waals surface area (Å²) in [5.41, 5.74) is 21.1. The fourth-order valence-corrected chi connectivity index (χ4v) is 9.51. The SMILES string of the molecule is c1ccc(-c2ccc(-c3cc(-c4cccc(-c5ccccc5)c4)cc(-c4cccc(-c5cccc(-c6nc(-c7ccc(-c8ccccc8)cc7)nc(-c7cccc(-c8ccccc8)c7)n6)c5)c4)c3)cc2)cc1. The number of aromatic nitrogens is 3. The minimum Gasteiger partial charge on any atom is -0.208 e. The standard InChI is InChI=1S/C69H47N3/c1-5-17-48(18-6-1)52-33-35-54(36-34-52)64-45-65(60-29-13-25-56(41-60)50-21-9-3-10-22-50)47-66(46-64)61-30-14-27-58(42-61)59-28-16-32-63(44-59)69-71-67(55-39-37-53(38-40-55)49-19-7-2-8-20-49)70-68(72-69)62-31-15-26-57(43-62)51-23-11-4-12-24-51/h1-47H. The van der Waals surface area contributed by atoms with Crippen LogP contribution in [0.3, 0.4) is 0 Å². The van der Waals surface area contributed by atoms with Gasteiger partial charge in [-0.3, -0.25) is 0 Å². The van der Waals surface area contributed by atoms with Crippen LogP contribution in [-0.2, 0) is 0 Å². The van der Waals surface area contributed by atoms with E-state index in [9.17, 15) is 0 Å². The molecule has 12 aromatic rings. The van der Waals surface area contributed by atoms with Crippen molar-refractivity contribution in [3.63, 3.8) is 0 Å². The van der Waals surface area contributed by atoms with E-state index in [1.807, 2.05) is 12.1 Å². The molecule has 3 nitrogen and oxygen atoms in total. The predicted octanol–water partition coefficient (Wildman–Crippen LogP) is 18.2. The van der Waals surface area contributed by atoms with Crippen LogP contribution in [0.2, 0.25) is 0 Å². The van der Waals surface area contributed by atoms with Gasteiger partial charge >= 0.3 is 0 Å². The van der Waals surface area contributed by atoms with Crippen LogP contribution in [0.15, 0.2) is 285 Å². The summed E-state index contributed by atoms with van der Waals surface area (Å²) in [6.45, 7) is 0. The summed E-state index contributed by atoms with van der Waals surface area (Å²) in [6, 6.07) is 101. The third-order valence-electron chi connectivity index (χ3n) is 13.3. The molecule has 0 aliphatic heterocycles. The van der Waals surface area contributed by atoms with Crippen LogP contribution < -0.4 is 0 Å². The van der Waals surface area contributed by atoms with Crippen LogP contribution in [0.25, 0.3) is 123 Å². The van der Waals surface area contributed by atoms with Crippen molar-refractivity contribution in [2.45, 2.75) is 0 Å². The lowest BCUT2D eigenvalue weighted by atomic mass is 9.90. The maximum atomic E-state index is 5.20. The number of nitrogens with zero attached hydrogens (tertiary/aromatic N) is 3. The first-order valence-electron chi connectivity index (χ1n) is 24.4. The second-order valence-electron chi connectivity index (χ2n) is 18.0. The summed E-state index contributed by atoms with van der Waals surface area (Å²) in [4.78, 5) is 15.5. The van der Waals surface area contributed by atoms with Gasteiger partial charge in [-0.25, -0.2) is 15.0 Å². The Kier molecular flexibility index (Phi) is 12.0. The first-order valence-corrected chi connectivity index (χ1v) is 24.4. The third-order valence-corrected chi connectivity index (χ3v) is 13.3. The summed E-state index contributed by atoms with van der Waals surface area (Å²) in [5.74, 6) is 1.84. The second kappa shape index (κ2) is 19.8. The average Bonchev–Trinajstić information content (AvgIpc) is 3.48. The summed E-state index contributed by atoms with van der Waals surface area (Å²) >= 11 is 0. The molecular formula is C69H47N3. The quantitative estimate of drug-likeness (QED) is 0.130. The number of hydrogen-bond acceptors (Lipinski definition) is 3. The minimum absolute atomic E-state index is 0.610. The zero-order valence-corrected chi connectivity index (χ0v) is 39.5. The Morgan fingerprint density at radius 3 is 0.653 bits per heavy atom. The molecule has 11 aromatic carbocycles. The topological polar surface area (TPSA) is 38.7 Å². The van der Waals surface area contributed by atoms with Crippen molar-refractivity contribution in [2.75, 3.05) is 0 Å². The fourth-order valence-electron chi connectivity index (χ4n) is 9.51. The Labute approximate surface area is 421 Å². The maximum absolute atomic E-state index is 5.20. The molecule has 0 bridgehead atoms. The summed E-state index contributed by atoms with van der Waals surface area (Å²) in [5, 5.41) is 0. The molecule has 0 saturated heterocycles. The van der Waals surface area contributed by atoms with E-state index >= 15 is 0 Å². The molecule has 0 atom stereocenters. The van der Waals surface area contributed by atoms with E-state index < -0.39 is 0 Å². The number of benzene rings is 11. The van der Waals surface area contributed by atoms with Crippen molar-refractivity contribution in [3.8, 4) is 123 Å². The van der Waals surface area contributed by atoms with E-state index in [-0.39, 0.29) is 0 Å². The van der Waals surface area contributed by atoms with E-state index in [1.165, 1.54) is 27.8 Å². The van der Waals surface area contributed by atoms with E-state index in [4.69, 9.17) is 15.0 Å². The van der Waals surface area contributed by atoms with Gasteiger partial charge in [-0.2, -0.15) is 0 Å². The van der Waals surface area contributed by atoms with Gasteiger partial charge in [0.2, 0.25) is 0 Å². The largest absolute Gasteiger partial charge is 0.208 e. The van der Waals surface area contributed by atoms with Crippen molar-refractivity contribution in [1.82, 2.24) is 15.0 Å². The van der Waals surface area contributed by atoms with Crippen LogP contribution in [0, 0.1) is 0 Å². The molecule has 0 fully saturated rings. The maximum Gasteiger partial charge on any atom is 0.164 e. The van der Waals surface area contributed by atoms with Gasteiger partial charge in [0.1, 0.15) is 0 Å². The molecule has 0 unspecified atom stereocenters. The minimum atomic E-state index is 0.610. The first kappa shape index (κ1) is 43.7. The van der Waals surface area contributed by atoms with Gasteiger partial charge in [-0.15, -0.1) is 0 Å². The Morgan fingerprint density at radius 1 is 0.125 bits per heavy atom. The monoisotopic (exact) mass is 917 g/mol. The van der Waals surface area contributed by atoms with Crippen molar-refractivity contribution in [1.29, 1.82) is 0 Å². The molecule has 0 aliphatic rings. The van der Waals surface area contributed by atoms with Gasteiger partial charge in [0.05, 0.1) is 0 Å². The highest BCUT2D eigenvalue weighted by molar-refractivity contribution is 5.85. The Hall–Kier alpha value is -9.57. The van der Waals surface area contributed by atoms with E-state index in [1.54, 1.807) is 0 Å². The molecule has 338 valence electrons. The zero-order chi connectivity index (χ0) is 48.1. The van der Waals surface area contributed by atoms with Crippen LogP contribution in [0.4, 0.5) is 0 Å². The van der Waals surface area contributed by atoms with Gasteiger partial charge in [0.15, 0.2) is 17.5 Å². The summed E-state index contributed by atoms with van der Waals surface area (Å²) < 4.78 is 0. The van der Waals surface area contributed by atoms with Crippen LogP contribution >= 0.6 is 0 Å². The molecule has 1 heterocycles. The molecule has 0 spiro atoms. The zero-order valence-electron chi connectivity index (χ0n) is 39.5. The molecule has 3 heteroatoms. The lowest BCUT2D eigenvalue weighted by molar-refractivity contribution is 1.07. The second-order valence-corrected chi connectivity index (χ2v) is 18.0. The highest BCUT2D eigenvalue weighted by atomic mass is 15.0. The van der Waals surface area contributed by atoms with Crippen LogP contribution in [0.1, 0.15) is 0 Å². The lowest BCUT2D eigenvalue weighted by Gasteiger charge is -2.14. The highest BCUT2D eigenvalue weighted by Gasteiger charge is 2.16. The average molecular weight is 918 g/mol.